The van der Waals surface area contributed by atoms with Gasteiger partial charge in [0, 0.05) is 30.9 Å². The lowest BCUT2D eigenvalue weighted by Gasteiger charge is -2.17. The lowest BCUT2D eigenvalue weighted by atomic mass is 10.1. The number of carbonyl (C=O) groups is 1. The van der Waals surface area contributed by atoms with Gasteiger partial charge in [0.1, 0.15) is 29.6 Å². The van der Waals surface area contributed by atoms with Gasteiger partial charge in [-0.05, 0) is 32.4 Å². The Morgan fingerprint density at radius 3 is 2.31 bits per heavy atom. The van der Waals surface area contributed by atoms with E-state index < -0.39 is 11.6 Å². The lowest BCUT2D eigenvalue weighted by molar-refractivity contribution is 0.101. The van der Waals surface area contributed by atoms with Crippen LogP contribution in [0.1, 0.15) is 60.2 Å². The SMILES string of the molecule is CC(=O)c1cc(-n2c(C)cc(OCc3ncc(F)cc3F)c(C)c2=O)c(C)cn1.CCC. The van der Waals surface area contributed by atoms with Crippen LogP contribution >= 0.6 is 0 Å². The highest BCUT2D eigenvalue weighted by molar-refractivity contribution is 5.92. The second-order valence-corrected chi connectivity index (χ2v) is 7.41. The Hall–Kier alpha value is -3.42. The van der Waals surface area contributed by atoms with Gasteiger partial charge in [-0.3, -0.25) is 24.1 Å². The first-order chi connectivity index (χ1) is 15.1. The van der Waals surface area contributed by atoms with E-state index in [9.17, 15) is 18.4 Å². The maximum atomic E-state index is 13.8. The fourth-order valence-electron chi connectivity index (χ4n) is 2.89. The van der Waals surface area contributed by atoms with Crippen molar-refractivity contribution in [2.24, 2.45) is 0 Å². The quantitative estimate of drug-likeness (QED) is 0.517. The second-order valence-electron chi connectivity index (χ2n) is 7.41. The maximum absolute atomic E-state index is 13.8. The predicted molar refractivity (Wildman–Crippen MR) is 118 cm³/mol. The predicted octanol–water partition coefficient (Wildman–Crippen LogP) is 5.03. The summed E-state index contributed by atoms with van der Waals surface area (Å²) in [5.74, 6) is -1.54. The number of pyridine rings is 3. The number of carbonyl (C=O) groups excluding carboxylic acids is 1. The summed E-state index contributed by atoms with van der Waals surface area (Å²) in [6.07, 6.45) is 3.69. The highest BCUT2D eigenvalue weighted by Gasteiger charge is 2.16. The van der Waals surface area contributed by atoms with E-state index in [0.29, 0.717) is 16.9 Å². The molecule has 3 aromatic heterocycles. The zero-order valence-corrected chi connectivity index (χ0v) is 19.1. The highest BCUT2D eigenvalue weighted by atomic mass is 19.1. The zero-order valence-electron chi connectivity index (χ0n) is 19.1. The number of hydrogen-bond donors (Lipinski definition) is 0. The van der Waals surface area contributed by atoms with E-state index in [1.165, 1.54) is 17.9 Å². The number of Topliss-reactive ketones (excluding diaryl/α,β-unsaturated/α-hetero) is 1. The molecule has 0 saturated carbocycles. The van der Waals surface area contributed by atoms with E-state index in [2.05, 4.69) is 23.8 Å². The van der Waals surface area contributed by atoms with Crippen LogP contribution in [-0.2, 0) is 6.61 Å². The van der Waals surface area contributed by atoms with E-state index in [-0.39, 0.29) is 35.1 Å². The molecule has 0 aliphatic rings. The minimum atomic E-state index is -0.822. The van der Waals surface area contributed by atoms with E-state index >= 15 is 0 Å². The molecule has 6 nitrogen and oxygen atoms in total. The maximum Gasteiger partial charge on any atom is 0.261 e. The van der Waals surface area contributed by atoms with E-state index in [0.717, 1.165) is 17.8 Å². The Labute approximate surface area is 185 Å². The largest absolute Gasteiger partial charge is 0.487 e. The first-order valence-corrected chi connectivity index (χ1v) is 10.2. The van der Waals surface area contributed by atoms with Gasteiger partial charge in [0.25, 0.3) is 5.56 Å². The number of ketones is 1. The van der Waals surface area contributed by atoms with E-state index in [4.69, 9.17) is 4.74 Å². The summed E-state index contributed by atoms with van der Waals surface area (Å²) >= 11 is 0. The van der Waals surface area contributed by atoms with Crippen molar-refractivity contribution < 1.29 is 18.3 Å². The molecule has 0 fully saturated rings. The number of halogens is 2. The van der Waals surface area contributed by atoms with Gasteiger partial charge in [0.2, 0.25) is 0 Å². The Morgan fingerprint density at radius 2 is 1.72 bits per heavy atom. The van der Waals surface area contributed by atoms with Gasteiger partial charge in [-0.15, -0.1) is 0 Å². The molecule has 170 valence electrons. The van der Waals surface area contributed by atoms with Gasteiger partial charge in [-0.25, -0.2) is 8.78 Å². The molecule has 0 radical (unpaired) electrons. The standard InChI is InChI=1S/C21H19F2N3O3.C3H8/c1-11-8-24-17(14(4)27)7-19(11)26-12(2)5-20(13(3)21(26)28)29-10-18-16(23)6-15(22)9-25-18;1-3-2/h5-9H,10H2,1-4H3;3H2,1-2H3. The molecule has 0 aliphatic heterocycles. The summed E-state index contributed by atoms with van der Waals surface area (Å²) in [5.41, 5.74) is 2.00. The first-order valence-electron chi connectivity index (χ1n) is 10.2. The lowest BCUT2D eigenvalue weighted by Crippen LogP contribution is -2.24. The van der Waals surface area contributed by atoms with Crippen LogP contribution in [0.2, 0.25) is 0 Å². The summed E-state index contributed by atoms with van der Waals surface area (Å²) in [6.45, 7) is 10.5. The van der Waals surface area contributed by atoms with Crippen molar-refractivity contribution in [3.63, 3.8) is 0 Å². The third-order valence-electron chi connectivity index (χ3n) is 4.51. The molecule has 0 amide bonds. The van der Waals surface area contributed by atoms with Crippen molar-refractivity contribution in [3.8, 4) is 11.4 Å². The normalized spacial score (nSPS) is 10.4. The molecule has 0 aromatic carbocycles. The van der Waals surface area contributed by atoms with E-state index in [1.54, 1.807) is 39.1 Å². The van der Waals surface area contributed by atoms with Crippen LogP contribution in [0.4, 0.5) is 8.78 Å². The molecule has 32 heavy (non-hydrogen) atoms. The Kier molecular flexibility index (Phi) is 8.34. The summed E-state index contributed by atoms with van der Waals surface area (Å²) in [4.78, 5) is 32.4. The summed E-state index contributed by atoms with van der Waals surface area (Å²) < 4.78 is 33.8. The van der Waals surface area contributed by atoms with E-state index in [1.807, 2.05) is 0 Å². The van der Waals surface area contributed by atoms with Crippen molar-refractivity contribution in [2.75, 3.05) is 0 Å². The Bertz CT molecular complexity index is 1190. The first kappa shape index (κ1) is 24.8. The molecular weight excluding hydrogens is 416 g/mol. The zero-order chi connectivity index (χ0) is 24.0. The van der Waals surface area contributed by atoms with Gasteiger partial charge < -0.3 is 4.74 Å². The topological polar surface area (TPSA) is 74.1 Å². The molecule has 0 spiro atoms. The fraction of sp³-hybridized carbons (Fsp3) is 0.333. The van der Waals surface area contributed by atoms with Crippen molar-refractivity contribution in [1.82, 2.24) is 14.5 Å². The number of hydrogen-bond acceptors (Lipinski definition) is 5. The summed E-state index contributed by atoms with van der Waals surface area (Å²) in [7, 11) is 0. The number of ether oxygens (including phenoxy) is 1. The number of aromatic nitrogens is 3. The summed E-state index contributed by atoms with van der Waals surface area (Å²) in [5, 5.41) is 0. The molecule has 3 heterocycles. The molecule has 0 bridgehead atoms. The average molecular weight is 443 g/mol. The third kappa shape index (κ3) is 5.63. The fourth-order valence-corrected chi connectivity index (χ4v) is 2.89. The van der Waals surface area contributed by atoms with Gasteiger partial charge >= 0.3 is 0 Å². The van der Waals surface area contributed by atoms with Crippen molar-refractivity contribution in [1.29, 1.82) is 0 Å². The van der Waals surface area contributed by atoms with Crippen LogP contribution in [0, 0.1) is 32.4 Å². The van der Waals surface area contributed by atoms with Crippen molar-refractivity contribution >= 4 is 5.78 Å². The number of nitrogens with zero attached hydrogens (tertiary/aromatic N) is 3. The Morgan fingerprint density at radius 1 is 1.06 bits per heavy atom. The summed E-state index contributed by atoms with van der Waals surface area (Å²) in [6, 6.07) is 3.94. The van der Waals surface area contributed by atoms with Gasteiger partial charge in [0.15, 0.2) is 11.6 Å². The van der Waals surface area contributed by atoms with Gasteiger partial charge in [-0.1, -0.05) is 20.3 Å². The van der Waals surface area contributed by atoms with Crippen LogP contribution in [-0.4, -0.2) is 20.3 Å². The number of rotatable bonds is 5. The molecule has 0 atom stereocenters. The minimum absolute atomic E-state index is 0.0660. The molecule has 8 heteroatoms. The second kappa shape index (κ2) is 10.7. The molecule has 0 aliphatic carbocycles. The minimum Gasteiger partial charge on any atom is -0.487 e. The molecule has 0 unspecified atom stereocenters. The third-order valence-corrected chi connectivity index (χ3v) is 4.51. The molecule has 3 rings (SSSR count). The van der Waals surface area contributed by atoms with Crippen LogP contribution in [0.25, 0.3) is 5.69 Å². The van der Waals surface area contributed by atoms with Crippen LogP contribution in [0.3, 0.4) is 0 Å². The highest BCUT2D eigenvalue weighted by Crippen LogP contribution is 2.22. The van der Waals surface area contributed by atoms with Crippen molar-refractivity contribution in [2.45, 2.75) is 54.6 Å². The average Bonchev–Trinajstić information content (AvgIpc) is 2.72. The van der Waals surface area contributed by atoms with Crippen molar-refractivity contribution in [3.05, 3.63) is 80.8 Å². The van der Waals surface area contributed by atoms with Gasteiger partial charge in [-0.2, -0.15) is 0 Å². The van der Waals surface area contributed by atoms with Crippen LogP contribution in [0.5, 0.6) is 5.75 Å². The molecule has 0 saturated heterocycles. The molecular formula is C24H27F2N3O3. The van der Waals surface area contributed by atoms with Crippen LogP contribution in [0.15, 0.2) is 35.4 Å². The molecule has 0 N–H and O–H groups in total. The van der Waals surface area contributed by atoms with Crippen LogP contribution < -0.4 is 10.3 Å². The monoisotopic (exact) mass is 443 g/mol. The van der Waals surface area contributed by atoms with Gasteiger partial charge in [0.05, 0.1) is 17.4 Å². The number of aryl methyl sites for hydroxylation is 2. The molecule has 3 aromatic rings. The smallest absolute Gasteiger partial charge is 0.261 e. The Balaban J connectivity index is 0.00000114.